The molecule has 2 aromatic rings. The fourth-order valence-corrected chi connectivity index (χ4v) is 1.52. The van der Waals surface area contributed by atoms with Crippen molar-refractivity contribution in [2.75, 3.05) is 0 Å². The molecule has 5 heteroatoms. The molecule has 0 aliphatic carbocycles. The molecule has 0 spiro atoms. The largest absolute Gasteiger partial charge is 0.472 e. The van der Waals surface area contributed by atoms with Crippen molar-refractivity contribution in [3.8, 4) is 11.1 Å². The van der Waals surface area contributed by atoms with Crippen LogP contribution in [0.25, 0.3) is 11.1 Å². The molecule has 0 radical (unpaired) electrons. The number of rotatable bonds is 2. The fraction of sp³-hybridized carbons (Fsp3) is 0.0833. The lowest BCUT2D eigenvalue weighted by molar-refractivity contribution is -0.137. The minimum atomic E-state index is -4.45. The quantitative estimate of drug-likeness (QED) is 0.748. The highest BCUT2D eigenvalue weighted by Gasteiger charge is 2.31. The van der Waals surface area contributed by atoms with Crippen LogP contribution in [0.1, 0.15) is 15.9 Å². The Labute approximate surface area is 94.7 Å². The van der Waals surface area contributed by atoms with Gasteiger partial charge in [-0.25, -0.2) is 0 Å². The molecule has 2 nitrogen and oxygen atoms in total. The number of hydrogen-bond donors (Lipinski definition) is 0. The van der Waals surface area contributed by atoms with Crippen molar-refractivity contribution in [1.82, 2.24) is 0 Å². The molecule has 17 heavy (non-hydrogen) atoms. The van der Waals surface area contributed by atoms with Crippen LogP contribution in [0.4, 0.5) is 13.2 Å². The van der Waals surface area contributed by atoms with Crippen molar-refractivity contribution >= 4 is 6.29 Å². The molecule has 2 rings (SSSR count). The topological polar surface area (TPSA) is 30.2 Å². The Balaban J connectivity index is 2.54. The zero-order chi connectivity index (χ0) is 12.5. The van der Waals surface area contributed by atoms with Gasteiger partial charge in [0.2, 0.25) is 0 Å². The van der Waals surface area contributed by atoms with E-state index in [1.54, 1.807) is 6.07 Å². The first-order valence-electron chi connectivity index (χ1n) is 4.71. The van der Waals surface area contributed by atoms with Gasteiger partial charge in [-0.2, -0.15) is 13.2 Å². The van der Waals surface area contributed by atoms with E-state index in [-0.39, 0.29) is 5.56 Å². The van der Waals surface area contributed by atoms with Crippen LogP contribution in [0.3, 0.4) is 0 Å². The molecule has 0 aliphatic rings. The number of benzene rings is 1. The Hall–Kier alpha value is -2.04. The van der Waals surface area contributed by atoms with Crippen LogP contribution in [0.15, 0.2) is 41.2 Å². The van der Waals surface area contributed by atoms with E-state index in [1.807, 2.05) is 0 Å². The minimum Gasteiger partial charge on any atom is -0.472 e. The monoisotopic (exact) mass is 240 g/mol. The van der Waals surface area contributed by atoms with Crippen molar-refractivity contribution in [2.24, 2.45) is 0 Å². The number of furan rings is 1. The highest BCUT2D eigenvalue weighted by Crippen LogP contribution is 2.32. The third-order valence-corrected chi connectivity index (χ3v) is 2.34. The van der Waals surface area contributed by atoms with Crippen molar-refractivity contribution in [3.05, 3.63) is 47.9 Å². The highest BCUT2D eigenvalue weighted by atomic mass is 19.4. The van der Waals surface area contributed by atoms with Gasteiger partial charge < -0.3 is 4.42 Å². The van der Waals surface area contributed by atoms with Gasteiger partial charge in [-0.3, -0.25) is 4.79 Å². The summed E-state index contributed by atoms with van der Waals surface area (Å²) in [6, 6.07) is 4.61. The molecular weight excluding hydrogens is 233 g/mol. The number of halogens is 3. The van der Waals surface area contributed by atoms with E-state index in [2.05, 4.69) is 0 Å². The van der Waals surface area contributed by atoms with Crippen molar-refractivity contribution in [2.45, 2.75) is 6.18 Å². The van der Waals surface area contributed by atoms with E-state index in [9.17, 15) is 18.0 Å². The molecule has 0 bridgehead atoms. The average Bonchev–Trinajstić information content (AvgIpc) is 2.80. The first kappa shape index (κ1) is 11.4. The average molecular weight is 240 g/mol. The van der Waals surface area contributed by atoms with E-state index in [4.69, 9.17) is 4.42 Å². The Kier molecular flexibility index (Phi) is 2.75. The summed E-state index contributed by atoms with van der Waals surface area (Å²) in [6.45, 7) is 0. The number of alkyl halides is 3. The van der Waals surface area contributed by atoms with Crippen LogP contribution in [0.5, 0.6) is 0 Å². The van der Waals surface area contributed by atoms with Crippen molar-refractivity contribution in [3.63, 3.8) is 0 Å². The number of carbonyl (C=O) groups excluding carboxylic acids is 1. The normalized spacial score (nSPS) is 11.5. The molecule has 1 aromatic heterocycles. The highest BCUT2D eigenvalue weighted by molar-refractivity contribution is 5.87. The molecule has 0 atom stereocenters. The predicted octanol–water partition coefficient (Wildman–Crippen LogP) is 3.78. The van der Waals surface area contributed by atoms with Gasteiger partial charge in [-0.15, -0.1) is 0 Å². The van der Waals surface area contributed by atoms with E-state index >= 15 is 0 Å². The summed E-state index contributed by atoms with van der Waals surface area (Å²) in [6.07, 6.45) is -1.29. The Morgan fingerprint density at radius 3 is 2.47 bits per heavy atom. The zero-order valence-electron chi connectivity index (χ0n) is 8.49. The Morgan fingerprint density at radius 1 is 1.18 bits per heavy atom. The van der Waals surface area contributed by atoms with E-state index < -0.39 is 11.7 Å². The lowest BCUT2D eigenvalue weighted by atomic mass is 10.0. The third kappa shape index (κ3) is 2.22. The van der Waals surface area contributed by atoms with Crippen LogP contribution in [0.2, 0.25) is 0 Å². The van der Waals surface area contributed by atoms with Gasteiger partial charge in [0.25, 0.3) is 0 Å². The lowest BCUT2D eigenvalue weighted by Gasteiger charge is -2.09. The third-order valence-electron chi connectivity index (χ3n) is 2.34. The van der Waals surface area contributed by atoms with Gasteiger partial charge in [0.1, 0.15) is 0 Å². The maximum absolute atomic E-state index is 12.4. The van der Waals surface area contributed by atoms with Gasteiger partial charge in [0.15, 0.2) is 6.29 Å². The zero-order valence-corrected chi connectivity index (χ0v) is 8.49. The van der Waals surface area contributed by atoms with Crippen LogP contribution >= 0.6 is 0 Å². The van der Waals surface area contributed by atoms with E-state index in [0.29, 0.717) is 17.4 Å². The second kappa shape index (κ2) is 4.08. The molecule has 0 amide bonds. The molecule has 0 N–H and O–H groups in total. The van der Waals surface area contributed by atoms with Crippen LogP contribution in [-0.2, 0) is 6.18 Å². The smallest absolute Gasteiger partial charge is 0.416 e. The van der Waals surface area contributed by atoms with Crippen LogP contribution < -0.4 is 0 Å². The summed E-state index contributed by atoms with van der Waals surface area (Å²) in [7, 11) is 0. The van der Waals surface area contributed by atoms with Gasteiger partial charge in [0, 0.05) is 11.1 Å². The van der Waals surface area contributed by atoms with Crippen molar-refractivity contribution < 1.29 is 22.4 Å². The molecule has 0 saturated carbocycles. The van der Waals surface area contributed by atoms with Crippen molar-refractivity contribution in [1.29, 1.82) is 0 Å². The summed E-state index contributed by atoms with van der Waals surface area (Å²) in [5, 5.41) is 0. The van der Waals surface area contributed by atoms with Gasteiger partial charge in [-0.1, -0.05) is 6.07 Å². The lowest BCUT2D eigenvalue weighted by Crippen LogP contribution is -2.05. The Morgan fingerprint density at radius 2 is 1.94 bits per heavy atom. The molecule has 1 heterocycles. The number of hydrogen-bond acceptors (Lipinski definition) is 2. The van der Waals surface area contributed by atoms with Gasteiger partial charge in [0.05, 0.1) is 18.1 Å². The summed E-state index contributed by atoms with van der Waals surface area (Å²) in [5.74, 6) is 0. The predicted molar refractivity (Wildman–Crippen MR) is 54.5 cm³/mol. The van der Waals surface area contributed by atoms with E-state index in [1.165, 1.54) is 18.6 Å². The van der Waals surface area contributed by atoms with Crippen LogP contribution in [-0.4, -0.2) is 6.29 Å². The number of carbonyl (C=O) groups is 1. The molecule has 0 aliphatic heterocycles. The first-order valence-corrected chi connectivity index (χ1v) is 4.71. The number of aldehydes is 1. The maximum atomic E-state index is 12.4. The SMILES string of the molecule is O=Cc1cc(C(F)(F)F)ccc1-c1ccoc1. The molecule has 0 saturated heterocycles. The maximum Gasteiger partial charge on any atom is 0.416 e. The molecule has 1 aromatic carbocycles. The minimum absolute atomic E-state index is 0.0128. The first-order chi connectivity index (χ1) is 8.02. The summed E-state index contributed by atoms with van der Waals surface area (Å²) in [4.78, 5) is 10.8. The molecular formula is C12H7F3O2. The van der Waals surface area contributed by atoms with Gasteiger partial charge in [-0.05, 0) is 23.8 Å². The second-order valence-corrected chi connectivity index (χ2v) is 3.43. The fourth-order valence-electron chi connectivity index (χ4n) is 1.52. The van der Waals surface area contributed by atoms with Crippen LogP contribution in [0, 0.1) is 0 Å². The summed E-state index contributed by atoms with van der Waals surface area (Å²) in [5.41, 5.74) is 0.135. The molecule has 0 unspecified atom stereocenters. The standard InChI is InChI=1S/C12H7F3O2/c13-12(14,15)10-1-2-11(9(5-10)6-16)8-3-4-17-7-8/h1-7H. The molecule has 0 fully saturated rings. The summed E-state index contributed by atoms with van der Waals surface area (Å²) < 4.78 is 42.2. The second-order valence-electron chi connectivity index (χ2n) is 3.43. The summed E-state index contributed by atoms with van der Waals surface area (Å²) >= 11 is 0. The van der Waals surface area contributed by atoms with Gasteiger partial charge >= 0.3 is 6.18 Å². The Bertz CT molecular complexity index is 527. The molecule has 88 valence electrons. The van der Waals surface area contributed by atoms with E-state index in [0.717, 1.165) is 12.1 Å².